The first-order valence-electron chi connectivity index (χ1n) is 10.2. The van der Waals surface area contributed by atoms with Crippen LogP contribution < -0.4 is 9.62 Å². The molecule has 1 N–H and O–H groups in total. The molecular formula is C23H31FN2O3S. The summed E-state index contributed by atoms with van der Waals surface area (Å²) in [7, 11) is -3.72. The van der Waals surface area contributed by atoms with E-state index in [9.17, 15) is 17.6 Å². The summed E-state index contributed by atoms with van der Waals surface area (Å²) in [5.41, 5.74) is 2.76. The molecule has 0 aliphatic rings. The molecule has 2 aromatic carbocycles. The summed E-state index contributed by atoms with van der Waals surface area (Å²) in [6.45, 7) is 6.51. The first kappa shape index (κ1) is 23.9. The second kappa shape index (κ2) is 10.6. The third-order valence-electron chi connectivity index (χ3n) is 5.00. The molecule has 0 bridgehead atoms. The van der Waals surface area contributed by atoms with Crippen LogP contribution in [0.1, 0.15) is 50.7 Å². The lowest BCUT2D eigenvalue weighted by Crippen LogP contribution is -2.49. The fraction of sp³-hybridized carbons (Fsp3) is 0.435. The number of sulfonamides is 1. The number of nitrogens with one attached hydrogen (secondary N) is 1. The molecule has 7 heteroatoms. The number of rotatable bonds is 10. The molecule has 164 valence electrons. The van der Waals surface area contributed by atoms with Crippen molar-refractivity contribution < 1.29 is 17.6 Å². The van der Waals surface area contributed by atoms with Crippen LogP contribution in [0.3, 0.4) is 0 Å². The van der Waals surface area contributed by atoms with Gasteiger partial charge in [-0.2, -0.15) is 0 Å². The predicted molar refractivity (Wildman–Crippen MR) is 120 cm³/mol. The minimum atomic E-state index is -3.72. The van der Waals surface area contributed by atoms with Gasteiger partial charge in [0.1, 0.15) is 11.9 Å². The Morgan fingerprint density at radius 3 is 2.17 bits per heavy atom. The van der Waals surface area contributed by atoms with Crippen molar-refractivity contribution in [3.05, 3.63) is 65.5 Å². The Balaban J connectivity index is 1.99. The average Bonchev–Trinajstić information content (AvgIpc) is 2.69. The molecular weight excluding hydrogens is 403 g/mol. The molecule has 0 saturated heterocycles. The molecule has 0 spiro atoms. The Morgan fingerprint density at radius 2 is 1.67 bits per heavy atom. The quantitative estimate of drug-likeness (QED) is 0.569. The minimum absolute atomic E-state index is 0.270. The largest absolute Gasteiger partial charge is 0.354 e. The first-order chi connectivity index (χ1) is 14.1. The molecule has 1 unspecified atom stereocenters. The molecule has 0 fully saturated rings. The van der Waals surface area contributed by atoms with Gasteiger partial charge in [-0.1, -0.05) is 45.0 Å². The molecule has 0 aliphatic carbocycles. The monoisotopic (exact) mass is 434 g/mol. The van der Waals surface area contributed by atoms with Crippen LogP contribution in [-0.2, 0) is 21.2 Å². The Bertz CT molecular complexity index is 926. The van der Waals surface area contributed by atoms with Crippen molar-refractivity contribution in [3.63, 3.8) is 0 Å². The zero-order valence-electron chi connectivity index (χ0n) is 18.1. The molecule has 1 atom stereocenters. The molecule has 0 heterocycles. The van der Waals surface area contributed by atoms with E-state index in [0.29, 0.717) is 18.9 Å². The van der Waals surface area contributed by atoms with Crippen molar-refractivity contribution in [1.82, 2.24) is 5.32 Å². The number of amides is 1. The van der Waals surface area contributed by atoms with E-state index in [0.717, 1.165) is 23.4 Å². The Hall–Kier alpha value is -2.41. The zero-order chi connectivity index (χ0) is 22.3. The summed E-state index contributed by atoms with van der Waals surface area (Å²) < 4.78 is 39.0. The van der Waals surface area contributed by atoms with Gasteiger partial charge in [0.2, 0.25) is 15.9 Å². The fourth-order valence-electron chi connectivity index (χ4n) is 3.34. The summed E-state index contributed by atoms with van der Waals surface area (Å²) in [6.07, 6.45) is 2.92. The van der Waals surface area contributed by atoms with Crippen LogP contribution in [0.4, 0.5) is 10.1 Å². The van der Waals surface area contributed by atoms with E-state index in [4.69, 9.17) is 0 Å². The van der Waals surface area contributed by atoms with Crippen LogP contribution in [-0.4, -0.2) is 33.2 Å². The average molecular weight is 435 g/mol. The maximum atomic E-state index is 13.2. The minimum Gasteiger partial charge on any atom is -0.354 e. The highest BCUT2D eigenvalue weighted by Gasteiger charge is 2.31. The Morgan fingerprint density at radius 1 is 1.07 bits per heavy atom. The molecule has 0 aromatic heterocycles. The molecule has 2 aromatic rings. The van der Waals surface area contributed by atoms with Gasteiger partial charge >= 0.3 is 0 Å². The number of benzene rings is 2. The molecule has 0 radical (unpaired) electrons. The van der Waals surface area contributed by atoms with Crippen molar-refractivity contribution in [2.75, 3.05) is 17.1 Å². The molecule has 5 nitrogen and oxygen atoms in total. The van der Waals surface area contributed by atoms with Crippen LogP contribution in [0.2, 0.25) is 0 Å². The maximum absolute atomic E-state index is 13.2. The number of halogens is 1. The number of nitrogens with zero attached hydrogens (tertiary/aromatic N) is 1. The van der Waals surface area contributed by atoms with Gasteiger partial charge in [-0.3, -0.25) is 9.10 Å². The summed E-state index contributed by atoms with van der Waals surface area (Å²) in [5.74, 6) is -0.336. The van der Waals surface area contributed by atoms with Crippen molar-refractivity contribution >= 4 is 21.6 Å². The van der Waals surface area contributed by atoms with Crippen LogP contribution in [0.5, 0.6) is 0 Å². The summed E-state index contributed by atoms with van der Waals surface area (Å²) >= 11 is 0. The lowest BCUT2D eigenvalue weighted by molar-refractivity contribution is -0.122. The number of carbonyl (C=O) groups excluding carboxylic acids is 1. The van der Waals surface area contributed by atoms with Crippen molar-refractivity contribution in [2.45, 2.75) is 52.0 Å². The maximum Gasteiger partial charge on any atom is 0.243 e. The van der Waals surface area contributed by atoms with E-state index in [1.165, 1.54) is 35.4 Å². The normalized spacial score (nSPS) is 12.6. The topological polar surface area (TPSA) is 66.5 Å². The van der Waals surface area contributed by atoms with Gasteiger partial charge in [0.15, 0.2) is 0 Å². The lowest BCUT2D eigenvalue weighted by Gasteiger charge is -2.30. The molecule has 0 saturated carbocycles. The number of hydrogen-bond acceptors (Lipinski definition) is 3. The first-order valence-corrected chi connectivity index (χ1v) is 12.1. The molecule has 2 rings (SSSR count). The van der Waals surface area contributed by atoms with E-state index in [2.05, 4.69) is 43.4 Å². The number of carbonyl (C=O) groups is 1. The second-order valence-electron chi connectivity index (χ2n) is 7.75. The third kappa shape index (κ3) is 6.55. The molecule has 0 aliphatic heterocycles. The molecule has 30 heavy (non-hydrogen) atoms. The molecule has 1 amide bonds. The van der Waals surface area contributed by atoms with Crippen LogP contribution >= 0.6 is 0 Å². The van der Waals surface area contributed by atoms with E-state index in [1.54, 1.807) is 6.92 Å². The van der Waals surface area contributed by atoms with Gasteiger partial charge in [0.05, 0.1) is 11.9 Å². The van der Waals surface area contributed by atoms with Crippen molar-refractivity contribution in [2.24, 2.45) is 0 Å². The number of aryl methyl sites for hydroxylation is 1. The standard InChI is InChI=1S/C23H31FN2O3S/c1-5-22(26(30(4,28)29)21-14-12-20(24)13-15-21)23(27)25-16-6-7-18-8-10-19(11-9-18)17(2)3/h8-15,17,22H,5-7,16H2,1-4H3,(H,25,27). The smallest absolute Gasteiger partial charge is 0.243 e. The third-order valence-corrected chi connectivity index (χ3v) is 6.18. The fourth-order valence-corrected chi connectivity index (χ4v) is 4.55. The highest BCUT2D eigenvalue weighted by Crippen LogP contribution is 2.23. The SMILES string of the molecule is CCC(C(=O)NCCCc1ccc(C(C)C)cc1)N(c1ccc(F)cc1)S(C)(=O)=O. The van der Waals surface area contributed by atoms with Crippen LogP contribution in [0.25, 0.3) is 0 Å². The van der Waals surface area contributed by atoms with Crippen molar-refractivity contribution in [3.8, 4) is 0 Å². The summed E-state index contributed by atoms with van der Waals surface area (Å²) in [4.78, 5) is 12.7. The van der Waals surface area contributed by atoms with E-state index >= 15 is 0 Å². The van der Waals surface area contributed by atoms with Crippen LogP contribution in [0, 0.1) is 5.82 Å². The summed E-state index contributed by atoms with van der Waals surface area (Å²) in [6, 6.07) is 12.7. The van der Waals surface area contributed by atoms with E-state index < -0.39 is 21.9 Å². The summed E-state index contributed by atoms with van der Waals surface area (Å²) in [5, 5.41) is 2.85. The van der Waals surface area contributed by atoms with Crippen LogP contribution in [0.15, 0.2) is 48.5 Å². The second-order valence-corrected chi connectivity index (χ2v) is 9.61. The highest BCUT2D eigenvalue weighted by molar-refractivity contribution is 7.92. The lowest BCUT2D eigenvalue weighted by atomic mass is 10.0. The van der Waals surface area contributed by atoms with Crippen molar-refractivity contribution in [1.29, 1.82) is 0 Å². The van der Waals surface area contributed by atoms with Gasteiger partial charge in [0.25, 0.3) is 0 Å². The zero-order valence-corrected chi connectivity index (χ0v) is 18.9. The van der Waals surface area contributed by atoms with Gasteiger partial charge < -0.3 is 5.32 Å². The van der Waals surface area contributed by atoms with Gasteiger partial charge in [0, 0.05) is 6.54 Å². The van der Waals surface area contributed by atoms with Gasteiger partial charge in [-0.15, -0.1) is 0 Å². The number of hydrogen-bond donors (Lipinski definition) is 1. The Labute approximate surface area is 179 Å². The Kier molecular flexibility index (Phi) is 8.41. The predicted octanol–water partition coefficient (Wildman–Crippen LogP) is 4.24. The number of anilines is 1. The van der Waals surface area contributed by atoms with Gasteiger partial charge in [-0.25, -0.2) is 12.8 Å². The van der Waals surface area contributed by atoms with Gasteiger partial charge in [-0.05, 0) is 60.6 Å². The van der Waals surface area contributed by atoms with E-state index in [1.807, 2.05) is 0 Å². The highest BCUT2D eigenvalue weighted by atomic mass is 32.2. The van der Waals surface area contributed by atoms with E-state index in [-0.39, 0.29) is 11.6 Å².